The fourth-order valence-corrected chi connectivity index (χ4v) is 1.95. The van der Waals surface area contributed by atoms with E-state index in [0.29, 0.717) is 25.1 Å². The van der Waals surface area contributed by atoms with E-state index in [1.807, 2.05) is 20.8 Å². The summed E-state index contributed by atoms with van der Waals surface area (Å²) in [7, 11) is 0. The van der Waals surface area contributed by atoms with Gasteiger partial charge in [-0.05, 0) is 44.9 Å². The first-order chi connectivity index (χ1) is 7.99. The first-order valence-electron chi connectivity index (χ1n) is 5.98. The molecule has 0 aromatic heterocycles. The molecule has 0 fully saturated rings. The highest BCUT2D eigenvalue weighted by atomic mass is 19.1. The van der Waals surface area contributed by atoms with Crippen LogP contribution >= 0.6 is 0 Å². The Labute approximate surface area is 101 Å². The van der Waals surface area contributed by atoms with Crippen LogP contribution in [0.3, 0.4) is 0 Å². The van der Waals surface area contributed by atoms with Crippen LogP contribution in [0.2, 0.25) is 0 Å². The molecule has 96 valence electrons. The fraction of sp³-hybridized carbons (Fsp3) is 0.538. The molecule has 0 aliphatic heterocycles. The van der Waals surface area contributed by atoms with Crippen LogP contribution in [-0.4, -0.2) is 19.1 Å². The van der Waals surface area contributed by atoms with Crippen molar-refractivity contribution in [2.24, 2.45) is 5.73 Å². The number of hydrogen-bond donors (Lipinski definition) is 1. The van der Waals surface area contributed by atoms with Gasteiger partial charge in [-0.15, -0.1) is 0 Å². The molecule has 2 nitrogen and oxygen atoms in total. The monoisotopic (exact) mass is 242 g/mol. The van der Waals surface area contributed by atoms with Crippen LogP contribution in [0.4, 0.5) is 14.5 Å². The second-order valence-electron chi connectivity index (χ2n) is 4.26. The van der Waals surface area contributed by atoms with Gasteiger partial charge in [0.2, 0.25) is 0 Å². The van der Waals surface area contributed by atoms with Crippen LogP contribution in [0.15, 0.2) is 12.1 Å². The summed E-state index contributed by atoms with van der Waals surface area (Å²) in [6.07, 6.45) is 0.479. The number of nitrogens with zero attached hydrogens (tertiary/aromatic N) is 1. The van der Waals surface area contributed by atoms with Gasteiger partial charge >= 0.3 is 0 Å². The van der Waals surface area contributed by atoms with Gasteiger partial charge in [-0.2, -0.15) is 0 Å². The van der Waals surface area contributed by atoms with Crippen molar-refractivity contribution in [3.63, 3.8) is 0 Å². The second kappa shape index (κ2) is 5.96. The van der Waals surface area contributed by atoms with E-state index in [4.69, 9.17) is 5.73 Å². The number of nitrogens with two attached hydrogens (primary N) is 1. The smallest absolute Gasteiger partial charge is 0.149 e. The maximum Gasteiger partial charge on any atom is 0.149 e. The Morgan fingerprint density at radius 3 is 2.00 bits per heavy atom. The Bertz CT molecular complexity index is 351. The lowest BCUT2D eigenvalue weighted by Crippen LogP contribution is -2.25. The summed E-state index contributed by atoms with van der Waals surface area (Å²) >= 11 is 0. The highest BCUT2D eigenvalue weighted by molar-refractivity contribution is 5.50. The van der Waals surface area contributed by atoms with Crippen molar-refractivity contribution < 1.29 is 8.78 Å². The van der Waals surface area contributed by atoms with Crippen molar-refractivity contribution in [3.05, 3.63) is 29.3 Å². The van der Waals surface area contributed by atoms with Gasteiger partial charge in [-0.1, -0.05) is 0 Å². The van der Waals surface area contributed by atoms with E-state index in [0.717, 1.165) is 0 Å². The summed E-state index contributed by atoms with van der Waals surface area (Å²) in [6.45, 7) is 6.72. The first-order valence-corrected chi connectivity index (χ1v) is 5.98. The third-order valence-corrected chi connectivity index (χ3v) is 2.71. The highest BCUT2D eigenvalue weighted by Gasteiger charge is 2.16. The van der Waals surface area contributed by atoms with Crippen molar-refractivity contribution in [1.82, 2.24) is 0 Å². The minimum absolute atomic E-state index is 0.0587. The van der Waals surface area contributed by atoms with Gasteiger partial charge in [-0.3, -0.25) is 0 Å². The van der Waals surface area contributed by atoms with Crippen molar-refractivity contribution in [2.45, 2.75) is 33.2 Å². The fourth-order valence-electron chi connectivity index (χ4n) is 1.95. The molecule has 1 atom stereocenters. The van der Waals surface area contributed by atoms with Crippen molar-refractivity contribution in [3.8, 4) is 0 Å². The summed E-state index contributed by atoms with van der Waals surface area (Å²) in [4.78, 5) is 1.67. The molecule has 1 aromatic rings. The predicted molar refractivity (Wildman–Crippen MR) is 67.3 cm³/mol. The summed E-state index contributed by atoms with van der Waals surface area (Å²) in [6, 6.07) is 2.65. The highest BCUT2D eigenvalue weighted by Crippen LogP contribution is 2.25. The molecule has 0 saturated heterocycles. The quantitative estimate of drug-likeness (QED) is 0.860. The number of halogens is 2. The van der Waals surface area contributed by atoms with Gasteiger partial charge in [0.25, 0.3) is 0 Å². The predicted octanol–water partition coefficient (Wildman–Crippen LogP) is 2.70. The molecule has 1 aromatic carbocycles. The van der Waals surface area contributed by atoms with Crippen molar-refractivity contribution >= 4 is 5.69 Å². The minimum atomic E-state index is -0.510. The average molecular weight is 242 g/mol. The number of rotatable bonds is 5. The molecule has 17 heavy (non-hydrogen) atoms. The Morgan fingerprint density at radius 2 is 1.65 bits per heavy atom. The largest absolute Gasteiger partial charge is 0.367 e. The van der Waals surface area contributed by atoms with Crippen molar-refractivity contribution in [1.29, 1.82) is 0 Å². The van der Waals surface area contributed by atoms with Gasteiger partial charge in [0.05, 0.1) is 0 Å². The maximum absolute atomic E-state index is 13.9. The maximum atomic E-state index is 13.9. The van der Waals surface area contributed by atoms with Crippen LogP contribution < -0.4 is 10.6 Å². The summed E-state index contributed by atoms with van der Waals surface area (Å²) in [5.74, 6) is -1.02. The summed E-state index contributed by atoms with van der Waals surface area (Å²) < 4.78 is 27.7. The zero-order valence-corrected chi connectivity index (χ0v) is 10.6. The molecule has 0 aliphatic rings. The van der Waals surface area contributed by atoms with E-state index in [1.54, 1.807) is 4.90 Å². The van der Waals surface area contributed by atoms with Crippen LogP contribution in [0.5, 0.6) is 0 Å². The molecular formula is C13H20F2N2. The molecule has 2 N–H and O–H groups in total. The normalized spacial score (nSPS) is 12.6. The number of benzene rings is 1. The Kier molecular flexibility index (Phi) is 4.87. The Hall–Kier alpha value is -1.16. The Balaban J connectivity index is 3.09. The minimum Gasteiger partial charge on any atom is -0.367 e. The van der Waals surface area contributed by atoms with Crippen LogP contribution in [0.25, 0.3) is 0 Å². The molecule has 0 bridgehead atoms. The van der Waals surface area contributed by atoms with Crippen LogP contribution in [0, 0.1) is 11.6 Å². The van der Waals surface area contributed by atoms with Crippen molar-refractivity contribution in [2.75, 3.05) is 18.0 Å². The topological polar surface area (TPSA) is 29.3 Å². The van der Waals surface area contributed by atoms with Gasteiger partial charge in [0.15, 0.2) is 0 Å². The van der Waals surface area contributed by atoms with Crippen LogP contribution in [0.1, 0.15) is 26.3 Å². The molecule has 4 heteroatoms. The van der Waals surface area contributed by atoms with Gasteiger partial charge < -0.3 is 10.6 Å². The lowest BCUT2D eigenvalue weighted by atomic mass is 10.1. The van der Waals surface area contributed by atoms with Gasteiger partial charge in [0.1, 0.15) is 17.3 Å². The molecule has 1 rings (SSSR count). The van der Waals surface area contributed by atoms with Crippen LogP contribution in [-0.2, 0) is 6.42 Å². The second-order valence-corrected chi connectivity index (χ2v) is 4.26. The molecule has 0 spiro atoms. The lowest BCUT2D eigenvalue weighted by Gasteiger charge is -2.22. The molecule has 1 unspecified atom stereocenters. The number of hydrogen-bond acceptors (Lipinski definition) is 2. The van der Waals surface area contributed by atoms with E-state index in [2.05, 4.69) is 0 Å². The lowest BCUT2D eigenvalue weighted by molar-refractivity contribution is 0.568. The number of anilines is 1. The molecule has 0 amide bonds. The van der Waals surface area contributed by atoms with E-state index < -0.39 is 11.6 Å². The van der Waals surface area contributed by atoms with E-state index in [1.165, 1.54) is 12.1 Å². The Morgan fingerprint density at radius 1 is 1.18 bits per heavy atom. The average Bonchev–Trinajstić information content (AvgIpc) is 2.22. The SMILES string of the molecule is CCN(CC)c1c(F)cc(CC(C)N)cc1F. The van der Waals surface area contributed by atoms with E-state index >= 15 is 0 Å². The zero-order valence-electron chi connectivity index (χ0n) is 10.6. The summed E-state index contributed by atoms with van der Waals surface area (Å²) in [5, 5.41) is 0. The zero-order chi connectivity index (χ0) is 13.0. The first kappa shape index (κ1) is 13.9. The molecular weight excluding hydrogens is 222 g/mol. The molecule has 0 radical (unpaired) electrons. The molecule has 0 saturated carbocycles. The third kappa shape index (κ3) is 3.40. The van der Waals surface area contributed by atoms with Gasteiger partial charge in [-0.25, -0.2) is 8.78 Å². The van der Waals surface area contributed by atoms with E-state index in [-0.39, 0.29) is 11.7 Å². The molecule has 0 aliphatic carbocycles. The standard InChI is InChI=1S/C13H20F2N2/c1-4-17(5-2)13-11(14)7-10(6-9(3)16)8-12(13)15/h7-9H,4-6,16H2,1-3H3. The van der Waals surface area contributed by atoms with Gasteiger partial charge in [0, 0.05) is 19.1 Å². The third-order valence-electron chi connectivity index (χ3n) is 2.71. The molecule has 0 heterocycles. The summed E-state index contributed by atoms with van der Waals surface area (Å²) in [5.41, 5.74) is 6.28. The van der Waals surface area contributed by atoms with E-state index in [9.17, 15) is 8.78 Å².